The predicted octanol–water partition coefficient (Wildman–Crippen LogP) is 5.03. The molecule has 2 aromatic carbocycles. The van der Waals surface area contributed by atoms with E-state index in [2.05, 4.69) is 33.4 Å². The van der Waals surface area contributed by atoms with Crippen LogP contribution < -0.4 is 5.32 Å². The molecule has 118 valence electrons. The van der Waals surface area contributed by atoms with Gasteiger partial charge in [-0.1, -0.05) is 34.1 Å². The third kappa shape index (κ3) is 3.79. The normalized spacial score (nSPS) is 10.9. The van der Waals surface area contributed by atoms with Crippen molar-refractivity contribution in [1.29, 1.82) is 0 Å². The van der Waals surface area contributed by atoms with Gasteiger partial charge in [0.15, 0.2) is 5.76 Å². The third-order valence-corrected chi connectivity index (χ3v) is 5.06. The first kappa shape index (κ1) is 16.1. The number of rotatable bonds is 5. The number of thioether (sulfide) groups is 1. The lowest BCUT2D eigenvalue weighted by atomic mass is 10.1. The molecule has 1 heterocycles. The zero-order valence-corrected chi connectivity index (χ0v) is 15.0. The summed E-state index contributed by atoms with van der Waals surface area (Å²) >= 11 is 5.13. The van der Waals surface area contributed by atoms with Crippen LogP contribution in [0.3, 0.4) is 0 Å². The van der Waals surface area contributed by atoms with Crippen LogP contribution in [0, 0.1) is 6.92 Å². The highest BCUT2D eigenvalue weighted by atomic mass is 79.9. The second-order valence-electron chi connectivity index (χ2n) is 5.11. The second-order valence-corrected chi connectivity index (χ2v) is 7.19. The number of carbonyl (C=O) groups excluding carboxylic acids is 1. The number of furan rings is 1. The van der Waals surface area contributed by atoms with Crippen molar-refractivity contribution in [2.75, 3.05) is 12.3 Å². The second kappa shape index (κ2) is 7.23. The molecule has 1 aromatic heterocycles. The van der Waals surface area contributed by atoms with Gasteiger partial charge in [-0.25, -0.2) is 0 Å². The number of hydrogen-bond acceptors (Lipinski definition) is 3. The van der Waals surface area contributed by atoms with E-state index in [0.29, 0.717) is 12.3 Å². The zero-order chi connectivity index (χ0) is 16.2. The molecule has 3 rings (SSSR count). The van der Waals surface area contributed by atoms with Crippen molar-refractivity contribution in [2.45, 2.75) is 11.8 Å². The quantitative estimate of drug-likeness (QED) is 0.491. The van der Waals surface area contributed by atoms with Gasteiger partial charge in [-0.05, 0) is 37.3 Å². The van der Waals surface area contributed by atoms with E-state index in [1.807, 2.05) is 43.3 Å². The molecule has 23 heavy (non-hydrogen) atoms. The van der Waals surface area contributed by atoms with E-state index >= 15 is 0 Å². The Morgan fingerprint density at radius 3 is 2.65 bits per heavy atom. The monoisotopic (exact) mass is 389 g/mol. The van der Waals surface area contributed by atoms with Crippen LogP contribution in [-0.2, 0) is 0 Å². The molecular formula is C18H16BrNO2S. The van der Waals surface area contributed by atoms with Gasteiger partial charge in [0, 0.05) is 32.6 Å². The minimum Gasteiger partial charge on any atom is -0.451 e. The first-order chi connectivity index (χ1) is 11.1. The molecule has 0 aliphatic carbocycles. The fraction of sp³-hybridized carbons (Fsp3) is 0.167. The molecule has 0 aliphatic heterocycles. The minimum atomic E-state index is -0.157. The fourth-order valence-corrected chi connectivity index (χ4v) is 3.37. The van der Waals surface area contributed by atoms with Crippen molar-refractivity contribution >= 4 is 44.6 Å². The van der Waals surface area contributed by atoms with Crippen LogP contribution in [0.15, 0.2) is 62.3 Å². The van der Waals surface area contributed by atoms with Crippen LogP contribution in [0.5, 0.6) is 0 Å². The molecule has 0 bridgehead atoms. The number of nitrogens with one attached hydrogen (secondary N) is 1. The van der Waals surface area contributed by atoms with Crippen LogP contribution in [0.4, 0.5) is 0 Å². The van der Waals surface area contributed by atoms with Crippen molar-refractivity contribution in [2.24, 2.45) is 0 Å². The number of halogens is 1. The smallest absolute Gasteiger partial charge is 0.287 e. The van der Waals surface area contributed by atoms with Gasteiger partial charge in [0.25, 0.3) is 5.91 Å². The van der Waals surface area contributed by atoms with Gasteiger partial charge in [0.2, 0.25) is 0 Å². The van der Waals surface area contributed by atoms with E-state index in [-0.39, 0.29) is 5.91 Å². The molecule has 1 amide bonds. The predicted molar refractivity (Wildman–Crippen MR) is 98.2 cm³/mol. The summed E-state index contributed by atoms with van der Waals surface area (Å²) in [7, 11) is 0. The Balaban J connectivity index is 1.56. The summed E-state index contributed by atoms with van der Waals surface area (Å²) in [4.78, 5) is 13.5. The highest BCUT2D eigenvalue weighted by Crippen LogP contribution is 2.25. The lowest BCUT2D eigenvalue weighted by Crippen LogP contribution is -2.25. The molecule has 0 unspecified atom stereocenters. The van der Waals surface area contributed by atoms with Crippen molar-refractivity contribution in [3.63, 3.8) is 0 Å². The van der Waals surface area contributed by atoms with E-state index in [4.69, 9.17) is 4.42 Å². The Hall–Kier alpha value is -1.72. The first-order valence-electron chi connectivity index (χ1n) is 7.30. The number of hydrogen-bond donors (Lipinski definition) is 1. The molecule has 0 saturated heterocycles. The zero-order valence-electron chi connectivity index (χ0n) is 12.6. The van der Waals surface area contributed by atoms with Gasteiger partial charge in [0.05, 0.1) is 0 Å². The summed E-state index contributed by atoms with van der Waals surface area (Å²) in [5.74, 6) is 1.06. The number of benzene rings is 2. The Morgan fingerprint density at radius 2 is 1.91 bits per heavy atom. The maximum Gasteiger partial charge on any atom is 0.287 e. The molecule has 0 spiro atoms. The number of para-hydroxylation sites is 1. The van der Waals surface area contributed by atoms with Gasteiger partial charge in [-0.15, -0.1) is 11.8 Å². The number of aryl methyl sites for hydroxylation is 1. The Bertz CT molecular complexity index is 827. The molecule has 3 nitrogen and oxygen atoms in total. The van der Waals surface area contributed by atoms with Crippen molar-refractivity contribution in [3.05, 3.63) is 64.3 Å². The minimum absolute atomic E-state index is 0.157. The van der Waals surface area contributed by atoms with Crippen LogP contribution in [0.1, 0.15) is 16.1 Å². The fourth-order valence-electron chi connectivity index (χ4n) is 2.34. The Kier molecular flexibility index (Phi) is 5.08. The summed E-state index contributed by atoms with van der Waals surface area (Å²) in [5.41, 5.74) is 1.64. The van der Waals surface area contributed by atoms with Crippen LogP contribution in [0.2, 0.25) is 0 Å². The van der Waals surface area contributed by atoms with Gasteiger partial charge in [-0.3, -0.25) is 4.79 Å². The molecular weight excluding hydrogens is 374 g/mol. The van der Waals surface area contributed by atoms with Crippen LogP contribution in [0.25, 0.3) is 11.0 Å². The average Bonchev–Trinajstić information content (AvgIpc) is 2.90. The summed E-state index contributed by atoms with van der Waals surface area (Å²) in [6.07, 6.45) is 0. The van der Waals surface area contributed by atoms with Crippen molar-refractivity contribution in [3.8, 4) is 0 Å². The summed E-state index contributed by atoms with van der Waals surface area (Å²) in [5, 5.41) is 3.91. The lowest BCUT2D eigenvalue weighted by Gasteiger charge is -2.04. The number of fused-ring (bicyclic) bond motifs is 1. The summed E-state index contributed by atoms with van der Waals surface area (Å²) in [6, 6.07) is 15.8. The topological polar surface area (TPSA) is 42.2 Å². The standard InChI is InChI=1S/C18H16BrNO2S/c1-12-15-4-2-3-5-16(15)22-17(12)18(21)20-10-11-23-14-8-6-13(19)7-9-14/h2-9H,10-11H2,1H3,(H,20,21). The number of amides is 1. The van der Waals surface area contributed by atoms with E-state index in [1.165, 1.54) is 4.90 Å². The van der Waals surface area contributed by atoms with E-state index in [1.54, 1.807) is 11.8 Å². The van der Waals surface area contributed by atoms with E-state index in [9.17, 15) is 4.79 Å². The highest BCUT2D eigenvalue weighted by molar-refractivity contribution is 9.10. The van der Waals surface area contributed by atoms with E-state index in [0.717, 1.165) is 26.8 Å². The molecule has 3 aromatic rings. The maximum absolute atomic E-state index is 12.3. The molecule has 0 saturated carbocycles. The molecule has 0 aliphatic rings. The molecule has 1 N–H and O–H groups in total. The average molecular weight is 390 g/mol. The molecule has 0 atom stereocenters. The molecule has 5 heteroatoms. The van der Waals surface area contributed by atoms with Crippen molar-refractivity contribution in [1.82, 2.24) is 5.32 Å². The van der Waals surface area contributed by atoms with Crippen LogP contribution >= 0.6 is 27.7 Å². The van der Waals surface area contributed by atoms with Gasteiger partial charge in [-0.2, -0.15) is 0 Å². The molecule has 0 fully saturated rings. The lowest BCUT2D eigenvalue weighted by molar-refractivity contribution is 0.0930. The maximum atomic E-state index is 12.3. The third-order valence-electron chi connectivity index (χ3n) is 3.52. The largest absolute Gasteiger partial charge is 0.451 e. The first-order valence-corrected chi connectivity index (χ1v) is 9.08. The van der Waals surface area contributed by atoms with Gasteiger partial charge in [0.1, 0.15) is 5.58 Å². The van der Waals surface area contributed by atoms with Gasteiger partial charge < -0.3 is 9.73 Å². The Morgan fingerprint density at radius 1 is 1.17 bits per heavy atom. The van der Waals surface area contributed by atoms with E-state index < -0.39 is 0 Å². The SMILES string of the molecule is Cc1c(C(=O)NCCSc2ccc(Br)cc2)oc2ccccc12. The summed E-state index contributed by atoms with van der Waals surface area (Å²) in [6.45, 7) is 2.51. The van der Waals surface area contributed by atoms with Gasteiger partial charge >= 0.3 is 0 Å². The molecule has 0 radical (unpaired) electrons. The van der Waals surface area contributed by atoms with Crippen LogP contribution in [-0.4, -0.2) is 18.2 Å². The highest BCUT2D eigenvalue weighted by Gasteiger charge is 2.16. The van der Waals surface area contributed by atoms with Crippen molar-refractivity contribution < 1.29 is 9.21 Å². The summed E-state index contributed by atoms with van der Waals surface area (Å²) < 4.78 is 6.73. The Labute approximate surface area is 147 Å². The number of carbonyl (C=O) groups is 1.